The van der Waals surface area contributed by atoms with E-state index in [1.165, 1.54) is 12.8 Å². The molecule has 0 aromatic rings. The van der Waals surface area contributed by atoms with Crippen LogP contribution in [0.2, 0.25) is 6.55 Å². The topological polar surface area (TPSA) is 9.23 Å². The van der Waals surface area contributed by atoms with E-state index in [9.17, 15) is 0 Å². The quantitative estimate of drug-likeness (QED) is 0.524. The molecule has 10 heavy (non-hydrogen) atoms. The Bertz CT molecular complexity index is 116. The molecule has 1 rings (SSSR count). The Morgan fingerprint density at radius 2 is 2.30 bits per heavy atom. The van der Waals surface area contributed by atoms with Crippen LogP contribution < -0.4 is 0 Å². The van der Waals surface area contributed by atoms with Crippen LogP contribution in [0.25, 0.3) is 0 Å². The second-order valence-electron chi connectivity index (χ2n) is 3.56. The Balaban J connectivity index is 2.54. The summed E-state index contributed by atoms with van der Waals surface area (Å²) in [5, 5.41) is 0.318. The predicted octanol–water partition coefficient (Wildman–Crippen LogP) is 1.37. The number of rotatable bonds is 1. The first-order valence-electron chi connectivity index (χ1n) is 4.33. The predicted molar refractivity (Wildman–Crippen MR) is 47.2 cm³/mol. The van der Waals surface area contributed by atoms with E-state index >= 15 is 0 Å². The van der Waals surface area contributed by atoms with E-state index in [-0.39, 0.29) is 9.52 Å². The Hall–Kier alpha value is 0.177. The highest BCUT2D eigenvalue weighted by atomic mass is 28.2. The molecule has 0 N–H and O–H groups in total. The van der Waals surface area contributed by atoms with E-state index in [0.29, 0.717) is 5.22 Å². The van der Waals surface area contributed by atoms with Gasteiger partial charge >= 0.3 is 0 Å². The molecule has 0 aromatic heterocycles. The van der Waals surface area contributed by atoms with Crippen LogP contribution in [0.4, 0.5) is 0 Å². The largest absolute Gasteiger partial charge is 0.379 e. The van der Waals surface area contributed by atoms with E-state index in [2.05, 4.69) is 20.4 Å². The zero-order chi connectivity index (χ0) is 7.61. The van der Waals surface area contributed by atoms with Crippen LogP contribution >= 0.6 is 0 Å². The first kappa shape index (κ1) is 8.28. The SMILES string of the molecule is C[SiH2]C1(C)OCCCC1C. The maximum atomic E-state index is 5.79. The molecule has 0 bridgehead atoms. The van der Waals surface area contributed by atoms with Gasteiger partial charge < -0.3 is 4.74 Å². The second kappa shape index (κ2) is 3.05. The molecule has 1 heterocycles. The van der Waals surface area contributed by atoms with Gasteiger partial charge in [-0.3, -0.25) is 0 Å². The van der Waals surface area contributed by atoms with Crippen molar-refractivity contribution in [2.24, 2.45) is 5.92 Å². The van der Waals surface area contributed by atoms with Gasteiger partial charge in [0.25, 0.3) is 0 Å². The van der Waals surface area contributed by atoms with Crippen LogP contribution in [0.3, 0.4) is 0 Å². The van der Waals surface area contributed by atoms with E-state index in [1.54, 1.807) is 0 Å². The molecule has 0 aliphatic carbocycles. The molecule has 1 nitrogen and oxygen atoms in total. The molecular weight excluding hydrogens is 140 g/mol. The van der Waals surface area contributed by atoms with Crippen molar-refractivity contribution in [2.75, 3.05) is 6.61 Å². The van der Waals surface area contributed by atoms with E-state index in [4.69, 9.17) is 4.74 Å². The monoisotopic (exact) mass is 158 g/mol. The molecule has 0 amide bonds. The minimum atomic E-state index is 0.00208. The summed E-state index contributed by atoms with van der Waals surface area (Å²) in [6.07, 6.45) is 2.64. The first-order valence-corrected chi connectivity index (χ1v) is 6.45. The van der Waals surface area contributed by atoms with Crippen molar-refractivity contribution in [3.63, 3.8) is 0 Å². The van der Waals surface area contributed by atoms with Crippen LogP contribution in [-0.4, -0.2) is 21.4 Å². The highest BCUT2D eigenvalue weighted by molar-refractivity contribution is 6.37. The highest BCUT2D eigenvalue weighted by Gasteiger charge is 2.32. The van der Waals surface area contributed by atoms with Gasteiger partial charge in [-0.15, -0.1) is 0 Å². The molecule has 2 atom stereocenters. The van der Waals surface area contributed by atoms with Gasteiger partial charge in [0, 0.05) is 6.61 Å². The highest BCUT2D eigenvalue weighted by Crippen LogP contribution is 2.29. The van der Waals surface area contributed by atoms with Crippen molar-refractivity contribution in [3.05, 3.63) is 0 Å². The fourth-order valence-electron chi connectivity index (χ4n) is 1.59. The summed E-state index contributed by atoms with van der Waals surface area (Å²) in [5.74, 6) is 0.804. The molecule has 0 aromatic carbocycles. The number of ether oxygens (including phenoxy) is 1. The summed E-state index contributed by atoms with van der Waals surface area (Å²) in [6.45, 7) is 7.97. The van der Waals surface area contributed by atoms with Gasteiger partial charge in [-0.2, -0.15) is 0 Å². The Kier molecular flexibility index (Phi) is 2.53. The van der Waals surface area contributed by atoms with Crippen molar-refractivity contribution in [3.8, 4) is 0 Å². The smallest absolute Gasteiger partial charge is 0.0564 e. The summed E-state index contributed by atoms with van der Waals surface area (Å²) >= 11 is 0. The van der Waals surface area contributed by atoms with Gasteiger partial charge in [0.2, 0.25) is 0 Å². The van der Waals surface area contributed by atoms with E-state index < -0.39 is 0 Å². The molecule has 0 spiro atoms. The van der Waals surface area contributed by atoms with Gasteiger partial charge in [-0.1, -0.05) is 13.5 Å². The Morgan fingerprint density at radius 3 is 2.70 bits per heavy atom. The lowest BCUT2D eigenvalue weighted by Gasteiger charge is -2.39. The summed E-state index contributed by atoms with van der Waals surface area (Å²) in [4.78, 5) is 0. The number of hydrogen-bond donors (Lipinski definition) is 0. The second-order valence-corrected chi connectivity index (χ2v) is 5.67. The van der Waals surface area contributed by atoms with Gasteiger partial charge in [-0.25, -0.2) is 0 Å². The van der Waals surface area contributed by atoms with Crippen molar-refractivity contribution in [1.29, 1.82) is 0 Å². The lowest BCUT2D eigenvalue weighted by Crippen LogP contribution is -2.44. The van der Waals surface area contributed by atoms with Crippen LogP contribution in [-0.2, 0) is 4.74 Å². The van der Waals surface area contributed by atoms with Gasteiger partial charge in [-0.05, 0) is 25.7 Å². The molecule has 0 radical (unpaired) electrons. The lowest BCUT2D eigenvalue weighted by atomic mass is 9.97. The van der Waals surface area contributed by atoms with Crippen LogP contribution in [0.5, 0.6) is 0 Å². The summed E-state index contributed by atoms with van der Waals surface area (Å²) in [7, 11) is 0.00208. The van der Waals surface area contributed by atoms with Crippen molar-refractivity contribution >= 4 is 9.52 Å². The Labute approximate surface area is 66.0 Å². The van der Waals surface area contributed by atoms with Crippen molar-refractivity contribution in [1.82, 2.24) is 0 Å². The molecule has 2 heteroatoms. The fourth-order valence-corrected chi connectivity index (χ4v) is 2.84. The van der Waals surface area contributed by atoms with Crippen molar-refractivity contribution in [2.45, 2.75) is 38.5 Å². The number of hydrogen-bond acceptors (Lipinski definition) is 1. The zero-order valence-electron chi connectivity index (χ0n) is 7.31. The summed E-state index contributed by atoms with van der Waals surface area (Å²) < 4.78 is 5.79. The summed E-state index contributed by atoms with van der Waals surface area (Å²) in [5.41, 5.74) is 0. The average molecular weight is 158 g/mol. The normalized spacial score (nSPS) is 42.9. The van der Waals surface area contributed by atoms with Crippen LogP contribution in [0.1, 0.15) is 26.7 Å². The molecule has 2 unspecified atom stereocenters. The van der Waals surface area contributed by atoms with E-state index in [0.717, 1.165) is 12.5 Å². The van der Waals surface area contributed by atoms with E-state index in [1.807, 2.05) is 0 Å². The molecule has 1 aliphatic heterocycles. The van der Waals surface area contributed by atoms with Crippen LogP contribution in [0.15, 0.2) is 0 Å². The maximum absolute atomic E-state index is 5.79. The molecule has 0 saturated carbocycles. The third-order valence-corrected chi connectivity index (χ3v) is 5.26. The zero-order valence-corrected chi connectivity index (χ0v) is 8.73. The Morgan fingerprint density at radius 1 is 1.60 bits per heavy atom. The third-order valence-electron chi connectivity index (χ3n) is 2.96. The molecule has 1 fully saturated rings. The van der Waals surface area contributed by atoms with Gasteiger partial charge in [0.15, 0.2) is 0 Å². The maximum Gasteiger partial charge on any atom is 0.0564 e. The van der Waals surface area contributed by atoms with Crippen LogP contribution in [0, 0.1) is 5.92 Å². The molecular formula is C8H18OSi. The average Bonchev–Trinajstić information content (AvgIpc) is 1.96. The summed E-state index contributed by atoms with van der Waals surface area (Å²) in [6, 6.07) is 0. The minimum absolute atomic E-state index is 0.00208. The van der Waals surface area contributed by atoms with Gasteiger partial charge in [0.05, 0.1) is 14.7 Å². The first-order chi connectivity index (χ1) is 4.69. The lowest BCUT2D eigenvalue weighted by molar-refractivity contribution is -0.0435. The van der Waals surface area contributed by atoms with Crippen molar-refractivity contribution < 1.29 is 4.74 Å². The standard InChI is InChI=1S/C8H18OSi/c1-7-5-4-6-9-8(7,2)10-3/h7H,4-6,10H2,1-3H3. The molecule has 60 valence electrons. The van der Waals surface area contributed by atoms with Gasteiger partial charge in [0.1, 0.15) is 0 Å². The third kappa shape index (κ3) is 1.43. The minimum Gasteiger partial charge on any atom is -0.379 e. The molecule has 1 saturated heterocycles. The fraction of sp³-hybridized carbons (Fsp3) is 1.00. The molecule has 1 aliphatic rings.